The summed E-state index contributed by atoms with van der Waals surface area (Å²) in [5.41, 5.74) is -0.0866. The van der Waals surface area contributed by atoms with Gasteiger partial charge in [0.2, 0.25) is 5.91 Å². The zero-order valence-electron chi connectivity index (χ0n) is 12.0. The molecule has 21 heavy (non-hydrogen) atoms. The molecule has 1 aliphatic carbocycles. The summed E-state index contributed by atoms with van der Waals surface area (Å²) < 4.78 is 37.4. The molecule has 0 saturated heterocycles. The molecule has 0 unspecified atom stereocenters. The molecule has 0 aliphatic heterocycles. The molecule has 0 aromatic heterocycles. The van der Waals surface area contributed by atoms with Crippen LogP contribution in [0.5, 0.6) is 0 Å². The normalized spacial score (nSPS) is 22.9. The van der Waals surface area contributed by atoms with Crippen LogP contribution in [0.3, 0.4) is 0 Å². The Bertz CT molecular complexity index is 481. The van der Waals surface area contributed by atoms with Gasteiger partial charge in [0.1, 0.15) is 0 Å². The van der Waals surface area contributed by atoms with Crippen LogP contribution in [0.4, 0.5) is 13.2 Å². The van der Waals surface area contributed by atoms with Gasteiger partial charge >= 0.3 is 6.18 Å². The third kappa shape index (κ3) is 4.48. The molecule has 2 nitrogen and oxygen atoms in total. The molecule has 1 aromatic carbocycles. The lowest BCUT2D eigenvalue weighted by Gasteiger charge is -2.29. The van der Waals surface area contributed by atoms with E-state index in [9.17, 15) is 18.0 Å². The molecule has 2 rings (SSSR count). The van der Waals surface area contributed by atoms with Crippen molar-refractivity contribution in [3.8, 4) is 0 Å². The van der Waals surface area contributed by atoms with E-state index in [0.717, 1.165) is 31.4 Å². The van der Waals surface area contributed by atoms with Crippen molar-refractivity contribution in [3.05, 3.63) is 35.4 Å². The van der Waals surface area contributed by atoms with E-state index in [-0.39, 0.29) is 18.4 Å². The molecule has 2 atom stereocenters. The third-order valence-corrected chi connectivity index (χ3v) is 4.10. The Morgan fingerprint density at radius 2 is 1.81 bits per heavy atom. The summed E-state index contributed by atoms with van der Waals surface area (Å²) in [6.45, 7) is 2.13. The summed E-state index contributed by atoms with van der Waals surface area (Å²) >= 11 is 0. The molecule has 1 fully saturated rings. The second-order valence-electron chi connectivity index (χ2n) is 5.81. The fourth-order valence-electron chi connectivity index (χ4n) is 2.79. The molecule has 0 radical (unpaired) electrons. The predicted molar refractivity (Wildman–Crippen MR) is 74.7 cm³/mol. The highest BCUT2D eigenvalue weighted by Gasteiger charge is 2.30. The summed E-state index contributed by atoms with van der Waals surface area (Å²) in [7, 11) is 0. The first kappa shape index (κ1) is 15.9. The van der Waals surface area contributed by atoms with Crippen molar-refractivity contribution in [2.45, 2.75) is 51.2 Å². The summed E-state index contributed by atoms with van der Waals surface area (Å²) in [6.07, 6.45) is 0.215. The number of carbonyl (C=O) groups excluding carboxylic acids is 1. The minimum atomic E-state index is -4.34. The number of benzene rings is 1. The first-order chi connectivity index (χ1) is 9.86. The Morgan fingerprint density at radius 3 is 2.38 bits per heavy atom. The minimum absolute atomic E-state index is 0.117. The van der Waals surface area contributed by atoms with Crippen molar-refractivity contribution in [1.82, 2.24) is 5.32 Å². The number of amides is 1. The topological polar surface area (TPSA) is 29.1 Å². The molecule has 1 aliphatic rings. The Hall–Kier alpha value is -1.52. The van der Waals surface area contributed by atoms with E-state index in [1.807, 2.05) is 0 Å². The van der Waals surface area contributed by atoms with Crippen molar-refractivity contribution < 1.29 is 18.0 Å². The maximum Gasteiger partial charge on any atom is 0.416 e. The molecule has 1 aromatic rings. The molecule has 1 saturated carbocycles. The van der Waals surface area contributed by atoms with Crippen molar-refractivity contribution >= 4 is 5.91 Å². The average Bonchev–Trinajstić information content (AvgIpc) is 2.41. The summed E-state index contributed by atoms with van der Waals surface area (Å²) in [5, 5.41) is 3.00. The van der Waals surface area contributed by atoms with E-state index in [1.54, 1.807) is 0 Å². The van der Waals surface area contributed by atoms with Crippen LogP contribution in [0.15, 0.2) is 24.3 Å². The Kier molecular flexibility index (Phi) is 4.91. The Labute approximate surface area is 122 Å². The highest BCUT2D eigenvalue weighted by molar-refractivity contribution is 5.78. The monoisotopic (exact) mass is 299 g/mol. The quantitative estimate of drug-likeness (QED) is 0.900. The van der Waals surface area contributed by atoms with Crippen LogP contribution in [-0.2, 0) is 17.4 Å². The van der Waals surface area contributed by atoms with Crippen molar-refractivity contribution in [3.63, 3.8) is 0 Å². The van der Waals surface area contributed by atoms with Gasteiger partial charge in [-0.25, -0.2) is 0 Å². The second kappa shape index (κ2) is 6.50. The number of hydrogen-bond acceptors (Lipinski definition) is 1. The molecule has 0 bridgehead atoms. The number of nitrogens with one attached hydrogen (secondary N) is 1. The van der Waals surface area contributed by atoms with Crippen LogP contribution >= 0.6 is 0 Å². The van der Waals surface area contributed by atoms with Crippen LogP contribution in [-0.4, -0.2) is 11.9 Å². The lowest BCUT2D eigenvalue weighted by Crippen LogP contribution is -2.41. The maximum absolute atomic E-state index is 12.5. The van der Waals surface area contributed by atoms with E-state index in [4.69, 9.17) is 0 Å². The van der Waals surface area contributed by atoms with Gasteiger partial charge in [-0.1, -0.05) is 31.9 Å². The van der Waals surface area contributed by atoms with Gasteiger partial charge in [-0.3, -0.25) is 4.79 Å². The maximum atomic E-state index is 12.5. The van der Waals surface area contributed by atoms with Gasteiger partial charge in [-0.05, 0) is 36.5 Å². The number of hydrogen-bond donors (Lipinski definition) is 1. The van der Waals surface area contributed by atoms with Gasteiger partial charge in [0, 0.05) is 6.04 Å². The van der Waals surface area contributed by atoms with Crippen LogP contribution in [0.2, 0.25) is 0 Å². The summed E-state index contributed by atoms with van der Waals surface area (Å²) in [6, 6.07) is 4.97. The average molecular weight is 299 g/mol. The molecule has 0 heterocycles. The van der Waals surface area contributed by atoms with Gasteiger partial charge in [-0.15, -0.1) is 0 Å². The zero-order valence-corrected chi connectivity index (χ0v) is 12.0. The van der Waals surface area contributed by atoms with E-state index in [1.165, 1.54) is 18.6 Å². The fourth-order valence-corrected chi connectivity index (χ4v) is 2.79. The molecular weight excluding hydrogens is 279 g/mol. The molecule has 0 spiro atoms. The number of rotatable bonds is 3. The minimum Gasteiger partial charge on any atom is -0.353 e. The molecule has 5 heteroatoms. The van der Waals surface area contributed by atoms with Crippen LogP contribution in [0.25, 0.3) is 0 Å². The van der Waals surface area contributed by atoms with Crippen molar-refractivity contribution in [1.29, 1.82) is 0 Å². The first-order valence-corrected chi connectivity index (χ1v) is 7.32. The lowest BCUT2D eigenvalue weighted by molar-refractivity contribution is -0.137. The van der Waals surface area contributed by atoms with Crippen LogP contribution in [0.1, 0.15) is 43.7 Å². The third-order valence-electron chi connectivity index (χ3n) is 4.10. The highest BCUT2D eigenvalue weighted by Crippen LogP contribution is 2.29. The van der Waals surface area contributed by atoms with Crippen molar-refractivity contribution in [2.24, 2.45) is 5.92 Å². The highest BCUT2D eigenvalue weighted by atomic mass is 19.4. The molecule has 1 amide bonds. The SMILES string of the molecule is C[C@H]1CCCC[C@@H]1NC(=O)Cc1ccc(C(F)(F)F)cc1. The van der Waals surface area contributed by atoms with E-state index in [2.05, 4.69) is 12.2 Å². The number of alkyl halides is 3. The largest absolute Gasteiger partial charge is 0.416 e. The first-order valence-electron chi connectivity index (χ1n) is 7.32. The Balaban J connectivity index is 1.90. The molecule has 1 N–H and O–H groups in total. The van der Waals surface area contributed by atoms with Gasteiger partial charge in [-0.2, -0.15) is 13.2 Å². The number of carbonyl (C=O) groups is 1. The standard InChI is InChI=1S/C16H20F3NO/c1-11-4-2-3-5-14(11)20-15(21)10-12-6-8-13(9-7-12)16(17,18)19/h6-9,11,14H,2-5,10H2,1H3,(H,20,21)/t11-,14-/m0/s1. The molecular formula is C16H20F3NO. The zero-order chi connectivity index (χ0) is 15.5. The fraction of sp³-hybridized carbons (Fsp3) is 0.562. The number of halogens is 3. The lowest BCUT2D eigenvalue weighted by atomic mass is 9.86. The van der Waals surface area contributed by atoms with Gasteiger partial charge in [0.15, 0.2) is 0 Å². The summed E-state index contributed by atoms with van der Waals surface area (Å²) in [5.74, 6) is 0.351. The van der Waals surface area contributed by atoms with E-state index < -0.39 is 11.7 Å². The van der Waals surface area contributed by atoms with Crippen molar-refractivity contribution in [2.75, 3.05) is 0 Å². The van der Waals surface area contributed by atoms with Crippen LogP contribution in [0, 0.1) is 5.92 Å². The van der Waals surface area contributed by atoms with E-state index >= 15 is 0 Å². The van der Waals surface area contributed by atoms with Gasteiger partial charge in [0.05, 0.1) is 12.0 Å². The second-order valence-corrected chi connectivity index (χ2v) is 5.81. The Morgan fingerprint density at radius 1 is 1.19 bits per heavy atom. The predicted octanol–water partition coefficient (Wildman–Crippen LogP) is 3.94. The smallest absolute Gasteiger partial charge is 0.353 e. The van der Waals surface area contributed by atoms with E-state index in [0.29, 0.717) is 11.5 Å². The summed E-state index contributed by atoms with van der Waals surface area (Å²) in [4.78, 5) is 12.0. The van der Waals surface area contributed by atoms with Gasteiger partial charge < -0.3 is 5.32 Å². The molecule has 116 valence electrons. The van der Waals surface area contributed by atoms with Gasteiger partial charge in [0.25, 0.3) is 0 Å². The van der Waals surface area contributed by atoms with Crippen LogP contribution < -0.4 is 5.32 Å².